The van der Waals surface area contributed by atoms with E-state index in [2.05, 4.69) is 5.32 Å². The molecule has 0 saturated carbocycles. The van der Waals surface area contributed by atoms with E-state index in [1.165, 1.54) is 12.1 Å². The quantitative estimate of drug-likeness (QED) is 0.477. The van der Waals surface area contributed by atoms with Gasteiger partial charge in [0.25, 0.3) is 5.69 Å². The lowest BCUT2D eigenvalue weighted by atomic mass is 10.1. The van der Waals surface area contributed by atoms with Crippen LogP contribution < -0.4 is 11.1 Å². The van der Waals surface area contributed by atoms with Crippen molar-refractivity contribution in [3.8, 4) is 0 Å². The van der Waals surface area contributed by atoms with E-state index < -0.39 is 29.3 Å². The zero-order valence-electron chi connectivity index (χ0n) is 10.6. The number of carboxylic acids is 1. The fourth-order valence-corrected chi connectivity index (χ4v) is 1.53. The third-order valence-corrected chi connectivity index (χ3v) is 2.59. The summed E-state index contributed by atoms with van der Waals surface area (Å²) >= 11 is 0. The Morgan fingerprint density at radius 3 is 2.45 bits per heavy atom. The van der Waals surface area contributed by atoms with Crippen LogP contribution in [0.1, 0.15) is 12.0 Å². The maximum atomic E-state index is 11.4. The molecule has 0 aromatic heterocycles. The molecule has 20 heavy (non-hydrogen) atoms. The van der Waals surface area contributed by atoms with Crippen molar-refractivity contribution in [3.63, 3.8) is 0 Å². The van der Waals surface area contributed by atoms with Gasteiger partial charge in [-0.1, -0.05) is 12.1 Å². The number of carbonyl (C=O) groups is 2. The lowest BCUT2D eigenvalue weighted by molar-refractivity contribution is -0.384. The Kier molecular flexibility index (Phi) is 5.60. The van der Waals surface area contributed by atoms with Gasteiger partial charge < -0.3 is 16.2 Å². The van der Waals surface area contributed by atoms with Crippen LogP contribution in [-0.2, 0) is 16.0 Å². The largest absolute Gasteiger partial charge is 0.481 e. The van der Waals surface area contributed by atoms with E-state index in [1.54, 1.807) is 12.1 Å². The summed E-state index contributed by atoms with van der Waals surface area (Å²) in [4.78, 5) is 31.8. The van der Waals surface area contributed by atoms with Crippen LogP contribution in [0.3, 0.4) is 0 Å². The lowest BCUT2D eigenvalue weighted by Crippen LogP contribution is -2.42. The summed E-state index contributed by atoms with van der Waals surface area (Å²) in [7, 11) is 0. The Morgan fingerprint density at radius 1 is 1.35 bits per heavy atom. The smallest absolute Gasteiger partial charge is 0.305 e. The van der Waals surface area contributed by atoms with Gasteiger partial charge in [-0.05, 0) is 12.0 Å². The summed E-state index contributed by atoms with van der Waals surface area (Å²) in [6.45, 7) is 0.282. The van der Waals surface area contributed by atoms with E-state index in [-0.39, 0.29) is 12.2 Å². The highest BCUT2D eigenvalue weighted by molar-refractivity contribution is 5.85. The fraction of sp³-hybridized carbons (Fsp3) is 0.333. The van der Waals surface area contributed by atoms with Crippen molar-refractivity contribution in [2.45, 2.75) is 18.9 Å². The predicted molar refractivity (Wildman–Crippen MR) is 70.0 cm³/mol. The molecule has 1 rings (SSSR count). The van der Waals surface area contributed by atoms with E-state index in [9.17, 15) is 19.7 Å². The van der Waals surface area contributed by atoms with Crippen molar-refractivity contribution in [1.82, 2.24) is 5.32 Å². The van der Waals surface area contributed by atoms with Crippen LogP contribution in [0.25, 0.3) is 0 Å². The van der Waals surface area contributed by atoms with Crippen LogP contribution in [-0.4, -0.2) is 34.5 Å². The minimum atomic E-state index is -1.14. The molecule has 0 heterocycles. The first-order valence-electron chi connectivity index (χ1n) is 5.88. The maximum Gasteiger partial charge on any atom is 0.305 e. The Labute approximate surface area is 114 Å². The number of nitrogens with one attached hydrogen (secondary N) is 1. The van der Waals surface area contributed by atoms with Gasteiger partial charge in [-0.25, -0.2) is 0 Å². The van der Waals surface area contributed by atoms with Gasteiger partial charge in [0.1, 0.15) is 0 Å². The molecule has 0 aliphatic carbocycles. The molecule has 0 bridgehead atoms. The molecule has 4 N–H and O–H groups in total. The second-order valence-corrected chi connectivity index (χ2v) is 4.17. The number of nitrogens with zero attached hydrogens (tertiary/aromatic N) is 1. The maximum absolute atomic E-state index is 11.4. The van der Waals surface area contributed by atoms with Crippen LogP contribution in [0.15, 0.2) is 24.3 Å². The van der Waals surface area contributed by atoms with Gasteiger partial charge in [0.15, 0.2) is 0 Å². The van der Waals surface area contributed by atoms with Crippen molar-refractivity contribution >= 4 is 17.6 Å². The highest BCUT2D eigenvalue weighted by atomic mass is 16.6. The summed E-state index contributed by atoms with van der Waals surface area (Å²) in [6.07, 6.45) is 0.0485. The summed E-state index contributed by atoms with van der Waals surface area (Å²) in [6, 6.07) is 4.88. The third-order valence-electron chi connectivity index (χ3n) is 2.59. The third kappa shape index (κ3) is 5.02. The van der Waals surface area contributed by atoms with Crippen molar-refractivity contribution in [1.29, 1.82) is 0 Å². The number of hydrogen-bond donors (Lipinski definition) is 3. The predicted octanol–water partition coefficient (Wildman–Crippen LogP) is 0.0555. The highest BCUT2D eigenvalue weighted by Gasteiger charge is 2.16. The monoisotopic (exact) mass is 281 g/mol. The van der Waals surface area contributed by atoms with Gasteiger partial charge in [0, 0.05) is 18.7 Å². The number of benzene rings is 1. The molecule has 1 aromatic carbocycles. The summed E-state index contributed by atoms with van der Waals surface area (Å²) in [5.74, 6) is -1.67. The Balaban J connectivity index is 2.38. The van der Waals surface area contributed by atoms with Crippen LogP contribution in [0.5, 0.6) is 0 Å². The Morgan fingerprint density at radius 2 is 1.95 bits per heavy atom. The van der Waals surface area contributed by atoms with E-state index >= 15 is 0 Å². The zero-order valence-corrected chi connectivity index (χ0v) is 10.6. The fourth-order valence-electron chi connectivity index (χ4n) is 1.53. The van der Waals surface area contributed by atoms with Gasteiger partial charge in [-0.2, -0.15) is 0 Å². The molecular formula is C12H15N3O5. The van der Waals surface area contributed by atoms with Crippen LogP contribution in [0.4, 0.5) is 5.69 Å². The van der Waals surface area contributed by atoms with Crippen LogP contribution in [0.2, 0.25) is 0 Å². The number of rotatable bonds is 7. The molecule has 8 nitrogen and oxygen atoms in total. The zero-order chi connectivity index (χ0) is 15.1. The summed E-state index contributed by atoms with van der Waals surface area (Å²) in [5, 5.41) is 21.5. The van der Waals surface area contributed by atoms with Gasteiger partial charge in [-0.15, -0.1) is 0 Å². The molecule has 1 atom stereocenters. The Bertz CT molecular complexity index is 500. The number of non-ortho nitro benzene ring substituents is 1. The number of aliphatic carboxylic acids is 1. The first-order chi connectivity index (χ1) is 9.40. The topological polar surface area (TPSA) is 136 Å². The molecule has 1 unspecified atom stereocenters. The molecule has 1 amide bonds. The molecule has 0 spiro atoms. The van der Waals surface area contributed by atoms with E-state index in [0.29, 0.717) is 6.42 Å². The summed E-state index contributed by atoms with van der Waals surface area (Å²) < 4.78 is 0. The van der Waals surface area contributed by atoms with Gasteiger partial charge in [-0.3, -0.25) is 19.7 Å². The minimum absolute atomic E-state index is 0.00117. The SMILES string of the molecule is NC(CC(=O)O)C(=O)NCCc1ccc([N+](=O)[O-])cc1. The average molecular weight is 281 g/mol. The van der Waals surface area contributed by atoms with Crippen LogP contribution in [0, 0.1) is 10.1 Å². The average Bonchev–Trinajstić information content (AvgIpc) is 2.38. The summed E-state index contributed by atoms with van der Waals surface area (Å²) in [5.41, 5.74) is 6.21. The second-order valence-electron chi connectivity index (χ2n) is 4.17. The number of nitro groups is 1. The van der Waals surface area contributed by atoms with E-state index in [4.69, 9.17) is 10.8 Å². The second kappa shape index (κ2) is 7.19. The standard InChI is InChI=1S/C12H15N3O5/c13-10(7-11(16)17)12(18)14-6-5-8-1-3-9(4-2-8)15(19)20/h1-4,10H,5-7,13H2,(H,14,18)(H,16,17). The molecule has 0 radical (unpaired) electrons. The van der Waals surface area contributed by atoms with E-state index in [1.807, 2.05) is 0 Å². The Hall–Kier alpha value is -2.48. The number of carboxylic acid groups (broad SMARTS) is 1. The number of hydrogen-bond acceptors (Lipinski definition) is 5. The minimum Gasteiger partial charge on any atom is -0.481 e. The molecule has 0 fully saturated rings. The molecule has 108 valence electrons. The first kappa shape index (κ1) is 15.6. The molecule has 8 heteroatoms. The van der Waals surface area contributed by atoms with Gasteiger partial charge in [0.05, 0.1) is 17.4 Å². The molecule has 0 aliphatic rings. The number of carbonyl (C=O) groups excluding carboxylic acids is 1. The van der Waals surface area contributed by atoms with Gasteiger partial charge in [0.2, 0.25) is 5.91 Å². The number of amides is 1. The van der Waals surface area contributed by atoms with Crippen molar-refractivity contribution in [3.05, 3.63) is 39.9 Å². The molecular weight excluding hydrogens is 266 g/mol. The first-order valence-corrected chi connectivity index (χ1v) is 5.88. The van der Waals surface area contributed by atoms with Crippen molar-refractivity contribution in [2.24, 2.45) is 5.73 Å². The lowest BCUT2D eigenvalue weighted by Gasteiger charge is -2.10. The van der Waals surface area contributed by atoms with Crippen molar-refractivity contribution < 1.29 is 19.6 Å². The molecule has 1 aromatic rings. The van der Waals surface area contributed by atoms with Gasteiger partial charge >= 0.3 is 5.97 Å². The molecule has 0 aliphatic heterocycles. The highest BCUT2D eigenvalue weighted by Crippen LogP contribution is 2.11. The van der Waals surface area contributed by atoms with Crippen molar-refractivity contribution in [2.75, 3.05) is 6.54 Å². The number of nitrogens with two attached hydrogens (primary N) is 1. The normalized spacial score (nSPS) is 11.7. The van der Waals surface area contributed by atoms with E-state index in [0.717, 1.165) is 5.56 Å². The molecule has 0 saturated heterocycles. The van der Waals surface area contributed by atoms with Crippen LogP contribution >= 0.6 is 0 Å². The number of nitro benzene ring substituents is 1.